The van der Waals surface area contributed by atoms with Gasteiger partial charge in [0.2, 0.25) is 11.8 Å². The number of rotatable bonds is 6. The summed E-state index contributed by atoms with van der Waals surface area (Å²) < 4.78 is 46.1. The first-order chi connectivity index (χ1) is 18.7. The fourth-order valence-corrected chi connectivity index (χ4v) is 4.81. The van der Waals surface area contributed by atoms with Gasteiger partial charge in [-0.25, -0.2) is 24.9 Å². The fraction of sp³-hybridized carbons (Fsp3) is 0.333. The molecule has 6 rings (SSSR count). The van der Waals surface area contributed by atoms with E-state index in [-0.39, 0.29) is 18.3 Å². The topological polar surface area (TPSA) is 98.9 Å². The maximum Gasteiger partial charge on any atom is 0.434 e. The van der Waals surface area contributed by atoms with Crippen LogP contribution in [0.1, 0.15) is 47.7 Å². The van der Waals surface area contributed by atoms with Crippen molar-refractivity contribution >= 4 is 11.7 Å². The van der Waals surface area contributed by atoms with E-state index in [4.69, 9.17) is 9.72 Å². The number of methoxy groups -OCH3 is 1. The number of alkyl halides is 3. The highest BCUT2D eigenvalue weighted by Gasteiger charge is 2.35. The van der Waals surface area contributed by atoms with Crippen molar-refractivity contribution in [2.45, 2.75) is 44.3 Å². The largest absolute Gasteiger partial charge is 0.480 e. The molecule has 0 bridgehead atoms. The molecule has 9 nitrogen and oxygen atoms in total. The second-order valence-corrected chi connectivity index (χ2v) is 9.70. The van der Waals surface area contributed by atoms with Gasteiger partial charge in [0.25, 0.3) is 0 Å². The van der Waals surface area contributed by atoms with Crippen molar-refractivity contribution in [2.75, 3.05) is 12.0 Å². The normalized spacial score (nSPS) is 15.4. The number of carbonyl (C=O) groups excluding carboxylic acids is 1. The number of benzene rings is 1. The van der Waals surface area contributed by atoms with Gasteiger partial charge in [0.15, 0.2) is 11.5 Å². The minimum atomic E-state index is -4.52. The van der Waals surface area contributed by atoms with E-state index in [0.29, 0.717) is 47.4 Å². The highest BCUT2D eigenvalue weighted by Crippen LogP contribution is 2.45. The lowest BCUT2D eigenvalue weighted by atomic mass is 10.0. The molecular formula is C27H24F3N7O2. The van der Waals surface area contributed by atoms with Crippen molar-refractivity contribution in [3.8, 4) is 28.7 Å². The van der Waals surface area contributed by atoms with Gasteiger partial charge < -0.3 is 9.30 Å². The first-order valence-corrected chi connectivity index (χ1v) is 12.5. The summed E-state index contributed by atoms with van der Waals surface area (Å²) in [5.74, 6) is 1.74. The summed E-state index contributed by atoms with van der Waals surface area (Å²) in [5.41, 5.74) is 2.72. The summed E-state index contributed by atoms with van der Waals surface area (Å²) in [6.07, 6.45) is 2.56. The molecule has 3 aromatic heterocycles. The summed E-state index contributed by atoms with van der Waals surface area (Å²) in [4.78, 5) is 36.5. The zero-order valence-electron chi connectivity index (χ0n) is 21.2. The molecular weight excluding hydrogens is 511 g/mol. The third-order valence-corrected chi connectivity index (χ3v) is 6.95. The average Bonchev–Trinajstić information content (AvgIpc) is 3.70. The lowest BCUT2D eigenvalue weighted by molar-refractivity contribution is -0.140. The molecule has 12 heteroatoms. The molecule has 0 saturated heterocycles. The Morgan fingerprint density at radius 1 is 1.05 bits per heavy atom. The predicted octanol–water partition coefficient (Wildman–Crippen LogP) is 4.72. The van der Waals surface area contributed by atoms with Gasteiger partial charge in [-0.1, -0.05) is 24.3 Å². The van der Waals surface area contributed by atoms with E-state index in [1.807, 2.05) is 0 Å². The van der Waals surface area contributed by atoms with Crippen LogP contribution in [0.15, 0.2) is 43.0 Å². The standard InChI is InChI=1S/C27H24F3N7O2/c1-36-13-19(27(28,29)30)34-24(36)17-5-3-15(4-6-17)12-37-20(38)10-9-18-11-31-23(35-25(18)37)21-22(16-7-8-16)32-14-33-26(21)39-2/h3-6,11,13-14,16H,7-10,12H2,1-2H3. The lowest BCUT2D eigenvalue weighted by Gasteiger charge is -2.28. The van der Waals surface area contributed by atoms with Crippen LogP contribution in [0.3, 0.4) is 0 Å². The minimum Gasteiger partial charge on any atom is -0.480 e. The van der Waals surface area contributed by atoms with E-state index >= 15 is 0 Å². The van der Waals surface area contributed by atoms with Crippen LogP contribution in [0.5, 0.6) is 5.88 Å². The Kier molecular flexibility index (Phi) is 6.04. The molecule has 0 N–H and O–H groups in total. The molecule has 200 valence electrons. The van der Waals surface area contributed by atoms with Crippen LogP contribution < -0.4 is 9.64 Å². The predicted molar refractivity (Wildman–Crippen MR) is 135 cm³/mol. The van der Waals surface area contributed by atoms with Crippen LogP contribution in [0.25, 0.3) is 22.8 Å². The van der Waals surface area contributed by atoms with E-state index in [2.05, 4.69) is 19.9 Å². The second kappa shape index (κ2) is 9.44. The molecule has 0 atom stereocenters. The van der Waals surface area contributed by atoms with Crippen LogP contribution in [0.4, 0.5) is 19.0 Å². The van der Waals surface area contributed by atoms with E-state index in [0.717, 1.165) is 35.9 Å². The molecule has 2 aliphatic rings. The maximum atomic E-state index is 13.1. The Morgan fingerprint density at radius 2 is 1.82 bits per heavy atom. The fourth-order valence-electron chi connectivity index (χ4n) is 4.81. The van der Waals surface area contributed by atoms with Crippen LogP contribution in [-0.4, -0.2) is 42.5 Å². The second-order valence-electron chi connectivity index (χ2n) is 9.70. The highest BCUT2D eigenvalue weighted by atomic mass is 19.4. The van der Waals surface area contributed by atoms with Gasteiger partial charge in [-0.15, -0.1) is 0 Å². The zero-order chi connectivity index (χ0) is 27.3. The lowest BCUT2D eigenvalue weighted by Crippen LogP contribution is -2.35. The molecule has 1 saturated carbocycles. The number of anilines is 1. The molecule has 4 heterocycles. The van der Waals surface area contributed by atoms with E-state index in [1.54, 1.807) is 35.4 Å². The summed E-state index contributed by atoms with van der Waals surface area (Å²) in [6.45, 7) is 0.245. The maximum absolute atomic E-state index is 13.1. The zero-order valence-corrected chi connectivity index (χ0v) is 21.2. The number of fused-ring (bicyclic) bond motifs is 1. The Hall–Kier alpha value is -4.35. The molecule has 0 radical (unpaired) electrons. The van der Waals surface area contributed by atoms with Gasteiger partial charge in [-0.3, -0.25) is 9.69 Å². The summed E-state index contributed by atoms with van der Waals surface area (Å²) in [5, 5.41) is 0. The van der Waals surface area contributed by atoms with E-state index in [9.17, 15) is 18.0 Å². The molecule has 1 aliphatic carbocycles. The Bertz CT molecular complexity index is 1560. The van der Waals surface area contributed by atoms with Crippen molar-refractivity contribution in [2.24, 2.45) is 7.05 Å². The number of hydrogen-bond donors (Lipinski definition) is 0. The number of ether oxygens (including phenoxy) is 1. The monoisotopic (exact) mass is 535 g/mol. The average molecular weight is 536 g/mol. The van der Waals surface area contributed by atoms with Crippen molar-refractivity contribution in [3.05, 3.63) is 65.5 Å². The Balaban J connectivity index is 1.31. The first kappa shape index (κ1) is 25.0. The van der Waals surface area contributed by atoms with Gasteiger partial charge in [0.05, 0.1) is 19.3 Å². The number of imidazole rings is 1. The Labute approximate surface area is 221 Å². The van der Waals surface area contributed by atoms with Crippen LogP contribution >= 0.6 is 0 Å². The molecule has 1 aromatic carbocycles. The third-order valence-electron chi connectivity index (χ3n) is 6.95. The number of nitrogens with zero attached hydrogens (tertiary/aromatic N) is 7. The summed E-state index contributed by atoms with van der Waals surface area (Å²) in [6, 6.07) is 6.96. The van der Waals surface area contributed by atoms with Crippen LogP contribution in [0.2, 0.25) is 0 Å². The smallest absolute Gasteiger partial charge is 0.434 e. The molecule has 0 unspecified atom stereocenters. The van der Waals surface area contributed by atoms with Gasteiger partial charge >= 0.3 is 6.18 Å². The van der Waals surface area contributed by atoms with Crippen LogP contribution in [0, 0.1) is 0 Å². The number of hydrogen-bond acceptors (Lipinski definition) is 7. The summed E-state index contributed by atoms with van der Waals surface area (Å²) >= 11 is 0. The number of halogens is 3. The Morgan fingerprint density at radius 3 is 2.49 bits per heavy atom. The molecule has 1 amide bonds. The quantitative estimate of drug-likeness (QED) is 0.352. The number of aryl methyl sites for hydroxylation is 2. The van der Waals surface area contributed by atoms with Gasteiger partial charge in [0, 0.05) is 42.9 Å². The summed E-state index contributed by atoms with van der Waals surface area (Å²) in [7, 11) is 3.06. The van der Waals surface area contributed by atoms with Crippen molar-refractivity contribution in [3.63, 3.8) is 0 Å². The van der Waals surface area contributed by atoms with E-state index in [1.165, 1.54) is 25.1 Å². The van der Waals surface area contributed by atoms with Crippen molar-refractivity contribution < 1.29 is 22.7 Å². The molecule has 4 aromatic rings. The van der Waals surface area contributed by atoms with Gasteiger partial charge in [-0.2, -0.15) is 13.2 Å². The third kappa shape index (κ3) is 4.70. The molecule has 1 aliphatic heterocycles. The number of aromatic nitrogens is 6. The first-order valence-electron chi connectivity index (χ1n) is 12.5. The molecule has 1 fully saturated rings. The molecule has 0 spiro atoms. The minimum absolute atomic E-state index is 0.0751. The van der Waals surface area contributed by atoms with Crippen LogP contribution in [-0.2, 0) is 31.0 Å². The van der Waals surface area contributed by atoms with E-state index < -0.39 is 11.9 Å². The highest BCUT2D eigenvalue weighted by molar-refractivity contribution is 5.95. The number of amides is 1. The number of carbonyl (C=O) groups is 1. The molecule has 39 heavy (non-hydrogen) atoms. The van der Waals surface area contributed by atoms with Crippen molar-refractivity contribution in [1.82, 2.24) is 29.5 Å². The van der Waals surface area contributed by atoms with Gasteiger partial charge in [-0.05, 0) is 24.8 Å². The SMILES string of the molecule is COc1ncnc(C2CC2)c1-c1ncc2c(n1)N(Cc1ccc(-c3nc(C(F)(F)F)cn3C)cc1)C(=O)CC2. The van der Waals surface area contributed by atoms with Crippen molar-refractivity contribution in [1.29, 1.82) is 0 Å². The van der Waals surface area contributed by atoms with Gasteiger partial charge in [0.1, 0.15) is 23.5 Å².